The van der Waals surface area contributed by atoms with Crippen molar-refractivity contribution in [3.8, 4) is 0 Å². The van der Waals surface area contributed by atoms with E-state index in [1.807, 2.05) is 0 Å². The van der Waals surface area contributed by atoms with E-state index in [-0.39, 0.29) is 35.8 Å². The second kappa shape index (κ2) is 5.68. The molecule has 8 nitrogen and oxygen atoms in total. The van der Waals surface area contributed by atoms with Crippen LogP contribution < -0.4 is 4.90 Å². The molecule has 0 bridgehead atoms. The smallest absolute Gasteiger partial charge is 0.305 e. The summed E-state index contributed by atoms with van der Waals surface area (Å²) in [6.07, 6.45) is -0.384. The molecule has 2 rings (SSSR count). The Morgan fingerprint density at radius 1 is 1.43 bits per heavy atom. The maximum absolute atomic E-state index is 11.7. The molecule has 9 heteroatoms. The molecule has 1 N–H and O–H groups in total. The molecule has 0 radical (unpaired) electrons. The SMILES string of the molecule is O=C(O)CC1CS(=O)(=O)CCN1c1ccccc1[N+](=O)[O-]. The fourth-order valence-corrected chi connectivity index (χ4v) is 3.96. The van der Waals surface area contributed by atoms with Gasteiger partial charge in [0.25, 0.3) is 5.69 Å². The molecule has 1 heterocycles. The standard InChI is InChI=1S/C12H14N2O6S/c15-12(16)7-9-8-21(19,20)6-5-13(9)10-3-1-2-4-11(10)14(17)18/h1-4,9H,5-8H2,(H,15,16). The van der Waals surface area contributed by atoms with Gasteiger partial charge in [-0.3, -0.25) is 14.9 Å². The second-order valence-corrected chi connectivity index (χ2v) is 7.03. The van der Waals surface area contributed by atoms with E-state index in [4.69, 9.17) is 5.11 Å². The largest absolute Gasteiger partial charge is 0.481 e. The molecular weight excluding hydrogens is 300 g/mol. The Morgan fingerprint density at radius 3 is 2.71 bits per heavy atom. The molecule has 1 aliphatic rings. The van der Waals surface area contributed by atoms with Crippen molar-refractivity contribution >= 4 is 27.2 Å². The second-order valence-electron chi connectivity index (χ2n) is 4.81. The van der Waals surface area contributed by atoms with Gasteiger partial charge in [0.1, 0.15) is 5.69 Å². The van der Waals surface area contributed by atoms with Crippen LogP contribution in [0, 0.1) is 10.1 Å². The summed E-state index contributed by atoms with van der Waals surface area (Å²) < 4.78 is 23.4. The summed E-state index contributed by atoms with van der Waals surface area (Å²) in [5, 5.41) is 20.0. The third-order valence-corrected chi connectivity index (χ3v) is 5.03. The topological polar surface area (TPSA) is 118 Å². The first-order valence-electron chi connectivity index (χ1n) is 6.22. The van der Waals surface area contributed by atoms with Crippen LogP contribution in [-0.4, -0.2) is 48.5 Å². The first kappa shape index (κ1) is 15.2. The molecule has 114 valence electrons. The van der Waals surface area contributed by atoms with Crippen LogP contribution in [0.4, 0.5) is 11.4 Å². The number of anilines is 1. The van der Waals surface area contributed by atoms with Crippen LogP contribution in [0.3, 0.4) is 0 Å². The molecular formula is C12H14N2O6S. The predicted octanol–water partition coefficient (Wildman–Crippen LogP) is 0.673. The molecule has 1 saturated heterocycles. The number of nitro groups is 1. The van der Waals surface area contributed by atoms with Crippen molar-refractivity contribution in [2.24, 2.45) is 0 Å². The third-order valence-electron chi connectivity index (χ3n) is 3.33. The fourth-order valence-electron chi connectivity index (χ4n) is 2.44. The number of hydrogen-bond acceptors (Lipinski definition) is 6. The molecule has 0 amide bonds. The first-order chi connectivity index (χ1) is 9.80. The number of nitrogens with zero attached hydrogens (tertiary/aromatic N) is 2. The van der Waals surface area contributed by atoms with Crippen molar-refractivity contribution in [3.05, 3.63) is 34.4 Å². The van der Waals surface area contributed by atoms with E-state index in [0.717, 1.165) is 0 Å². The Bertz CT molecular complexity index is 672. The number of sulfone groups is 1. The van der Waals surface area contributed by atoms with Crippen LogP contribution in [0.5, 0.6) is 0 Å². The van der Waals surface area contributed by atoms with Gasteiger partial charge in [-0.15, -0.1) is 0 Å². The van der Waals surface area contributed by atoms with Crippen molar-refractivity contribution in [2.45, 2.75) is 12.5 Å². The van der Waals surface area contributed by atoms with Gasteiger partial charge in [-0.2, -0.15) is 0 Å². The summed E-state index contributed by atoms with van der Waals surface area (Å²) in [7, 11) is -3.33. The van der Waals surface area contributed by atoms with E-state index in [9.17, 15) is 23.3 Å². The molecule has 1 atom stereocenters. The minimum absolute atomic E-state index is 0.0468. The summed E-state index contributed by atoms with van der Waals surface area (Å²) in [4.78, 5) is 22.9. The highest BCUT2D eigenvalue weighted by Gasteiger charge is 2.35. The average molecular weight is 314 g/mol. The molecule has 1 fully saturated rings. The van der Waals surface area contributed by atoms with Gasteiger partial charge in [-0.1, -0.05) is 12.1 Å². The zero-order chi connectivity index (χ0) is 15.6. The number of hydrogen-bond donors (Lipinski definition) is 1. The van der Waals surface area contributed by atoms with Crippen molar-refractivity contribution in [2.75, 3.05) is 23.0 Å². The summed E-state index contributed by atoms with van der Waals surface area (Å²) in [5.74, 6) is -1.60. The Hall–Kier alpha value is -2.16. The van der Waals surface area contributed by atoms with Gasteiger partial charge in [0.05, 0.1) is 28.9 Å². The Morgan fingerprint density at radius 2 is 2.10 bits per heavy atom. The number of carboxylic acids is 1. The number of nitro benzene ring substituents is 1. The van der Waals surface area contributed by atoms with Gasteiger partial charge in [0.2, 0.25) is 0 Å². The number of aliphatic carboxylic acids is 1. The van der Waals surface area contributed by atoms with Crippen LogP contribution in [0.25, 0.3) is 0 Å². The van der Waals surface area contributed by atoms with Crippen LogP contribution in [0.15, 0.2) is 24.3 Å². The number of rotatable bonds is 4. The summed E-state index contributed by atoms with van der Waals surface area (Å²) in [6.45, 7) is 0.0468. The molecule has 0 aliphatic carbocycles. The monoisotopic (exact) mass is 314 g/mol. The summed E-state index contributed by atoms with van der Waals surface area (Å²) in [6, 6.07) is 5.13. The van der Waals surface area contributed by atoms with Gasteiger partial charge in [-0.05, 0) is 6.07 Å². The minimum Gasteiger partial charge on any atom is -0.481 e. The van der Waals surface area contributed by atoms with Crippen molar-refractivity contribution in [1.82, 2.24) is 0 Å². The quantitative estimate of drug-likeness (QED) is 0.641. The van der Waals surface area contributed by atoms with Gasteiger partial charge in [0, 0.05) is 12.6 Å². The van der Waals surface area contributed by atoms with Gasteiger partial charge < -0.3 is 10.0 Å². The number of carboxylic acid groups (broad SMARTS) is 1. The Kier molecular flexibility index (Phi) is 4.12. The number of carbonyl (C=O) groups is 1. The summed E-state index contributed by atoms with van der Waals surface area (Å²) >= 11 is 0. The highest BCUT2D eigenvalue weighted by molar-refractivity contribution is 7.91. The van der Waals surface area contributed by atoms with Crippen molar-refractivity contribution in [1.29, 1.82) is 0 Å². The van der Waals surface area contributed by atoms with Crippen molar-refractivity contribution in [3.63, 3.8) is 0 Å². The highest BCUT2D eigenvalue weighted by Crippen LogP contribution is 2.31. The number of para-hydroxylation sites is 2. The van der Waals surface area contributed by atoms with Gasteiger partial charge >= 0.3 is 5.97 Å². The molecule has 21 heavy (non-hydrogen) atoms. The van der Waals surface area contributed by atoms with E-state index in [2.05, 4.69) is 0 Å². The lowest BCUT2D eigenvalue weighted by Gasteiger charge is -2.36. The first-order valence-corrected chi connectivity index (χ1v) is 8.04. The highest BCUT2D eigenvalue weighted by atomic mass is 32.2. The van der Waals surface area contributed by atoms with E-state index in [0.29, 0.717) is 0 Å². The predicted molar refractivity (Wildman–Crippen MR) is 75.1 cm³/mol. The molecule has 0 saturated carbocycles. The Balaban J connectivity index is 2.41. The molecule has 0 aromatic heterocycles. The zero-order valence-electron chi connectivity index (χ0n) is 11.0. The average Bonchev–Trinajstić information content (AvgIpc) is 2.37. The number of benzene rings is 1. The maximum atomic E-state index is 11.7. The normalized spacial score (nSPS) is 21.0. The third kappa shape index (κ3) is 3.48. The van der Waals surface area contributed by atoms with E-state index in [1.165, 1.54) is 23.1 Å². The fraction of sp³-hybridized carbons (Fsp3) is 0.417. The maximum Gasteiger partial charge on any atom is 0.305 e. The molecule has 1 aliphatic heterocycles. The lowest BCUT2D eigenvalue weighted by Crippen LogP contribution is -2.49. The minimum atomic E-state index is -3.33. The lowest BCUT2D eigenvalue weighted by atomic mass is 10.1. The molecule has 1 aromatic carbocycles. The van der Waals surface area contributed by atoms with E-state index < -0.39 is 26.8 Å². The lowest BCUT2D eigenvalue weighted by molar-refractivity contribution is -0.384. The summed E-state index contributed by atoms with van der Waals surface area (Å²) in [5.41, 5.74) is 0.0934. The van der Waals surface area contributed by atoms with Crippen LogP contribution in [0.1, 0.15) is 6.42 Å². The van der Waals surface area contributed by atoms with E-state index in [1.54, 1.807) is 6.07 Å². The molecule has 0 spiro atoms. The van der Waals surface area contributed by atoms with Gasteiger partial charge in [0.15, 0.2) is 9.84 Å². The Labute approximate surface area is 121 Å². The van der Waals surface area contributed by atoms with Crippen molar-refractivity contribution < 1.29 is 23.2 Å². The van der Waals surface area contributed by atoms with E-state index >= 15 is 0 Å². The van der Waals surface area contributed by atoms with Crippen LogP contribution in [-0.2, 0) is 14.6 Å². The molecule has 1 aromatic rings. The van der Waals surface area contributed by atoms with Crippen LogP contribution >= 0.6 is 0 Å². The molecule has 1 unspecified atom stereocenters. The van der Waals surface area contributed by atoms with Crippen LogP contribution in [0.2, 0.25) is 0 Å². The van der Waals surface area contributed by atoms with Gasteiger partial charge in [-0.25, -0.2) is 8.42 Å². The zero-order valence-corrected chi connectivity index (χ0v) is 11.8.